The Hall–Kier alpha value is -3.08. The van der Waals surface area contributed by atoms with Crippen LogP contribution in [-0.2, 0) is 9.53 Å². The number of nitrogens with zero attached hydrogens (tertiary/aromatic N) is 1. The van der Waals surface area contributed by atoms with Crippen molar-refractivity contribution < 1.29 is 14.3 Å². The second kappa shape index (κ2) is 5.73. The summed E-state index contributed by atoms with van der Waals surface area (Å²) < 4.78 is 11.2. The molecule has 2 aliphatic rings. The van der Waals surface area contributed by atoms with Gasteiger partial charge >= 0.3 is 5.97 Å². The lowest BCUT2D eigenvalue weighted by Crippen LogP contribution is -2.42. The highest BCUT2D eigenvalue weighted by atomic mass is 16.5. The van der Waals surface area contributed by atoms with E-state index in [0.29, 0.717) is 6.61 Å². The van der Waals surface area contributed by atoms with Gasteiger partial charge in [0.05, 0.1) is 25.7 Å². The van der Waals surface area contributed by atoms with Gasteiger partial charge in [-0.05, 0) is 11.5 Å². The molecule has 3 atom stereocenters. The lowest BCUT2D eigenvalue weighted by atomic mass is 9.74. The summed E-state index contributed by atoms with van der Waals surface area (Å²) >= 11 is 0. The smallest absolute Gasteiger partial charge is 0.313 e. The summed E-state index contributed by atoms with van der Waals surface area (Å²) in [5.41, 5.74) is 1.96. The largest absolute Gasteiger partial charge is 0.493 e. The Morgan fingerprint density at radius 3 is 2.88 bits per heavy atom. The molecule has 0 unspecified atom stereocenters. The number of anilines is 1. The Morgan fingerprint density at radius 2 is 2.00 bits per heavy atom. The highest BCUT2D eigenvalue weighted by molar-refractivity contribution is 5.95. The first-order chi connectivity index (χ1) is 12.8. The minimum Gasteiger partial charge on any atom is -0.493 e. The number of carbonyl (C=O) groups excluding carboxylic acids is 1. The molecular formula is C21H18N2O3. The van der Waals surface area contributed by atoms with Crippen molar-refractivity contribution in [1.29, 1.82) is 0 Å². The van der Waals surface area contributed by atoms with E-state index in [1.807, 2.05) is 54.7 Å². The summed E-state index contributed by atoms with van der Waals surface area (Å²) in [6, 6.07) is 15.9. The van der Waals surface area contributed by atoms with E-state index in [1.54, 1.807) is 0 Å². The second-order valence-corrected chi connectivity index (χ2v) is 6.74. The summed E-state index contributed by atoms with van der Waals surface area (Å²) in [5, 5.41) is 5.59. The number of pyridine rings is 1. The van der Waals surface area contributed by atoms with Gasteiger partial charge in [-0.2, -0.15) is 0 Å². The fourth-order valence-electron chi connectivity index (χ4n) is 4.25. The van der Waals surface area contributed by atoms with Crippen molar-refractivity contribution in [3.8, 4) is 5.75 Å². The van der Waals surface area contributed by atoms with E-state index >= 15 is 0 Å². The quantitative estimate of drug-likeness (QED) is 0.681. The zero-order valence-electron chi connectivity index (χ0n) is 14.3. The molecule has 0 saturated carbocycles. The Bertz CT molecular complexity index is 1020. The molecule has 5 rings (SSSR count). The van der Waals surface area contributed by atoms with Crippen molar-refractivity contribution in [1.82, 2.24) is 4.98 Å². The van der Waals surface area contributed by atoms with Crippen LogP contribution in [0.3, 0.4) is 0 Å². The van der Waals surface area contributed by atoms with Crippen LogP contribution in [-0.4, -0.2) is 24.7 Å². The topological polar surface area (TPSA) is 60.5 Å². The molecule has 0 aliphatic carbocycles. The maximum Gasteiger partial charge on any atom is 0.313 e. The highest BCUT2D eigenvalue weighted by Gasteiger charge is 2.46. The number of hydrogen-bond donors (Lipinski definition) is 1. The summed E-state index contributed by atoms with van der Waals surface area (Å²) in [6.07, 6.45) is 1.85. The molecule has 1 aromatic heterocycles. The van der Waals surface area contributed by atoms with Crippen LogP contribution in [0.25, 0.3) is 10.8 Å². The predicted octanol–water partition coefficient (Wildman–Crippen LogP) is 3.67. The Labute approximate surface area is 151 Å². The third kappa shape index (κ3) is 2.10. The predicted molar refractivity (Wildman–Crippen MR) is 98.3 cm³/mol. The van der Waals surface area contributed by atoms with Crippen molar-refractivity contribution in [3.63, 3.8) is 0 Å². The molecule has 0 spiro atoms. The average molecular weight is 346 g/mol. The molecule has 26 heavy (non-hydrogen) atoms. The minimum atomic E-state index is -0.423. The molecule has 0 bridgehead atoms. The molecule has 5 heteroatoms. The summed E-state index contributed by atoms with van der Waals surface area (Å²) in [5.74, 6) is 0.876. The van der Waals surface area contributed by atoms with Crippen LogP contribution in [0.4, 0.5) is 5.82 Å². The molecule has 5 nitrogen and oxygen atoms in total. The molecule has 2 aromatic carbocycles. The van der Waals surface area contributed by atoms with E-state index < -0.39 is 5.92 Å². The number of rotatable bonds is 1. The van der Waals surface area contributed by atoms with Crippen molar-refractivity contribution >= 4 is 22.6 Å². The van der Waals surface area contributed by atoms with Gasteiger partial charge < -0.3 is 14.8 Å². The molecule has 3 heterocycles. The monoisotopic (exact) mass is 346 g/mol. The van der Waals surface area contributed by atoms with Crippen molar-refractivity contribution in [3.05, 3.63) is 65.9 Å². The number of fused-ring (bicyclic) bond motifs is 6. The fraction of sp³-hybridized carbons (Fsp3) is 0.238. The molecule has 1 N–H and O–H groups in total. The van der Waals surface area contributed by atoms with Crippen LogP contribution < -0.4 is 10.1 Å². The molecule has 0 radical (unpaired) electrons. The lowest BCUT2D eigenvalue weighted by Gasteiger charge is -2.42. The lowest BCUT2D eigenvalue weighted by molar-refractivity contribution is -0.144. The van der Waals surface area contributed by atoms with E-state index in [9.17, 15) is 4.79 Å². The third-order valence-corrected chi connectivity index (χ3v) is 5.44. The second-order valence-electron chi connectivity index (χ2n) is 6.74. The van der Waals surface area contributed by atoms with Crippen LogP contribution in [0, 0.1) is 5.92 Å². The van der Waals surface area contributed by atoms with Crippen molar-refractivity contribution in [2.24, 2.45) is 5.92 Å². The van der Waals surface area contributed by atoms with Gasteiger partial charge in [0, 0.05) is 28.6 Å². The number of benzene rings is 2. The van der Waals surface area contributed by atoms with Crippen LogP contribution in [0.15, 0.2) is 54.7 Å². The van der Waals surface area contributed by atoms with Crippen LogP contribution in [0.2, 0.25) is 0 Å². The zero-order valence-corrected chi connectivity index (χ0v) is 14.3. The first-order valence-corrected chi connectivity index (χ1v) is 8.71. The average Bonchev–Trinajstić information content (AvgIpc) is 2.71. The Morgan fingerprint density at radius 1 is 1.19 bits per heavy atom. The number of carbonyl (C=O) groups is 1. The molecule has 2 aliphatic heterocycles. The highest BCUT2D eigenvalue weighted by Crippen LogP contribution is 2.50. The maximum atomic E-state index is 12.8. The molecular weight excluding hydrogens is 328 g/mol. The number of para-hydroxylation sites is 1. The summed E-state index contributed by atoms with van der Waals surface area (Å²) in [7, 11) is 1.44. The summed E-state index contributed by atoms with van der Waals surface area (Å²) in [4.78, 5) is 17.4. The van der Waals surface area contributed by atoms with Crippen molar-refractivity contribution in [2.45, 2.75) is 12.0 Å². The van der Waals surface area contributed by atoms with E-state index in [1.165, 1.54) is 7.11 Å². The number of esters is 1. The number of methoxy groups -OCH3 is 1. The van der Waals surface area contributed by atoms with E-state index in [0.717, 1.165) is 33.5 Å². The van der Waals surface area contributed by atoms with Crippen LogP contribution >= 0.6 is 0 Å². The van der Waals surface area contributed by atoms with E-state index in [2.05, 4.69) is 10.3 Å². The number of nitrogens with one attached hydrogen (secondary N) is 1. The van der Waals surface area contributed by atoms with E-state index in [4.69, 9.17) is 9.47 Å². The van der Waals surface area contributed by atoms with Gasteiger partial charge in [0.25, 0.3) is 0 Å². The van der Waals surface area contributed by atoms with Crippen LogP contribution in [0.5, 0.6) is 5.75 Å². The van der Waals surface area contributed by atoms with Gasteiger partial charge in [0.15, 0.2) is 0 Å². The first-order valence-electron chi connectivity index (χ1n) is 8.71. The van der Waals surface area contributed by atoms with Gasteiger partial charge in [0.2, 0.25) is 0 Å². The third-order valence-electron chi connectivity index (χ3n) is 5.44. The molecule has 0 amide bonds. The van der Waals surface area contributed by atoms with Gasteiger partial charge in [0.1, 0.15) is 11.6 Å². The van der Waals surface area contributed by atoms with Gasteiger partial charge in [-0.15, -0.1) is 0 Å². The maximum absolute atomic E-state index is 12.8. The Balaban J connectivity index is 1.75. The van der Waals surface area contributed by atoms with Gasteiger partial charge in [-0.25, -0.2) is 4.98 Å². The molecule has 130 valence electrons. The number of hydrogen-bond acceptors (Lipinski definition) is 5. The molecule has 3 aromatic rings. The van der Waals surface area contributed by atoms with Gasteiger partial charge in [-0.3, -0.25) is 4.79 Å². The Kier molecular flexibility index (Phi) is 3.35. The van der Waals surface area contributed by atoms with Crippen LogP contribution in [0.1, 0.15) is 23.1 Å². The standard InChI is InChI=1S/C21H18N2O3/c1-25-21(24)18-15-11-26-16-9-5-4-8-14(16)19(15)23-20-17(18)13-7-3-2-6-12(13)10-22-20/h2-10,15,18-19H,11H2,1H3,(H,22,23)/t15-,18-,19+/m1/s1. The van der Waals surface area contributed by atoms with Crippen molar-refractivity contribution in [2.75, 3.05) is 19.0 Å². The number of ether oxygens (including phenoxy) is 2. The normalized spacial score (nSPS) is 23.0. The van der Waals surface area contributed by atoms with Gasteiger partial charge in [-0.1, -0.05) is 42.5 Å². The summed E-state index contributed by atoms with van der Waals surface area (Å²) in [6.45, 7) is 0.455. The number of aromatic nitrogens is 1. The van der Waals surface area contributed by atoms with E-state index in [-0.39, 0.29) is 17.9 Å². The molecule has 0 saturated heterocycles. The zero-order chi connectivity index (χ0) is 17.7. The first kappa shape index (κ1) is 15.2. The minimum absolute atomic E-state index is 0.0368. The molecule has 0 fully saturated rings. The fourth-order valence-corrected chi connectivity index (χ4v) is 4.25. The SMILES string of the molecule is COC(=O)[C@H]1c2c(ncc3ccccc23)N[C@H]2c3ccccc3OC[C@@H]21.